The van der Waals surface area contributed by atoms with Gasteiger partial charge in [-0.1, -0.05) is 39.3 Å². The predicted molar refractivity (Wildman–Crippen MR) is 119 cm³/mol. The van der Waals surface area contributed by atoms with Gasteiger partial charge < -0.3 is 19.7 Å². The van der Waals surface area contributed by atoms with E-state index in [0.29, 0.717) is 35.5 Å². The van der Waals surface area contributed by atoms with Gasteiger partial charge in [0.15, 0.2) is 5.79 Å². The van der Waals surface area contributed by atoms with Crippen molar-refractivity contribution in [2.45, 2.75) is 103 Å². The Hall–Kier alpha value is -0.420. The van der Waals surface area contributed by atoms with Gasteiger partial charge in [0.25, 0.3) is 0 Å². The van der Waals surface area contributed by atoms with E-state index in [1.165, 1.54) is 12.0 Å². The topological polar surface area (TPSA) is 58.9 Å². The molecule has 31 heavy (non-hydrogen) atoms. The fourth-order valence-electron chi connectivity index (χ4n) is 9.61. The molecule has 4 nitrogen and oxygen atoms in total. The van der Waals surface area contributed by atoms with E-state index in [9.17, 15) is 10.2 Å². The van der Waals surface area contributed by atoms with Crippen LogP contribution in [0.15, 0.2) is 11.6 Å². The molecule has 8 unspecified atom stereocenters. The first-order chi connectivity index (χ1) is 14.7. The average molecular weight is 431 g/mol. The Morgan fingerprint density at radius 2 is 1.84 bits per heavy atom. The highest BCUT2D eigenvalue weighted by molar-refractivity contribution is 5.27. The van der Waals surface area contributed by atoms with E-state index < -0.39 is 5.79 Å². The summed E-state index contributed by atoms with van der Waals surface area (Å²) in [5.41, 5.74) is 1.53. The summed E-state index contributed by atoms with van der Waals surface area (Å²) < 4.78 is 13.2. The van der Waals surface area contributed by atoms with Gasteiger partial charge in [-0.05, 0) is 74.0 Å². The normalized spacial score (nSPS) is 60.7. The van der Waals surface area contributed by atoms with E-state index in [-0.39, 0.29) is 29.1 Å². The summed E-state index contributed by atoms with van der Waals surface area (Å²) in [5, 5.41) is 22.0. The van der Waals surface area contributed by atoms with Crippen LogP contribution in [0.4, 0.5) is 0 Å². The zero-order chi connectivity index (χ0) is 21.8. The fourth-order valence-corrected chi connectivity index (χ4v) is 9.61. The highest BCUT2D eigenvalue weighted by Gasteiger charge is 2.71. The number of aliphatic hydroxyl groups excluding tert-OH is 2. The van der Waals surface area contributed by atoms with Crippen LogP contribution in [0.3, 0.4) is 0 Å². The number of allylic oxidation sites excluding steroid dienone is 1. The fraction of sp³-hybridized carbons (Fsp3) is 0.926. The van der Waals surface area contributed by atoms with Crippen LogP contribution in [-0.2, 0) is 9.47 Å². The summed E-state index contributed by atoms with van der Waals surface area (Å²) in [6, 6.07) is 0. The molecule has 0 amide bonds. The van der Waals surface area contributed by atoms with Crippen molar-refractivity contribution in [3.63, 3.8) is 0 Å². The van der Waals surface area contributed by atoms with Gasteiger partial charge in [-0.15, -0.1) is 0 Å². The smallest absolute Gasteiger partial charge is 0.171 e. The standard InChI is InChI=1S/C27H42O4/c1-15-7-10-27(30-14-15)16(2)24-22(31-27)12-21-19-6-5-17-11-18(28)8-9-25(17,3)20(19)13-23(29)26(21,24)4/h5,15-16,18-24,28-29H,6-14H2,1-4H3/t15?,16?,18-,19?,20?,21?,22?,23+,24?,25-,26+,27?/m0/s1. The monoisotopic (exact) mass is 430 g/mol. The van der Waals surface area contributed by atoms with Gasteiger partial charge in [0.1, 0.15) is 0 Å². The molecule has 174 valence electrons. The molecule has 5 fully saturated rings. The Balaban J connectivity index is 1.32. The van der Waals surface area contributed by atoms with Crippen molar-refractivity contribution >= 4 is 0 Å². The highest BCUT2D eigenvalue weighted by atomic mass is 16.7. The average Bonchev–Trinajstić information content (AvgIpc) is 3.18. The quantitative estimate of drug-likeness (QED) is 0.548. The third-order valence-electron chi connectivity index (χ3n) is 11.5. The van der Waals surface area contributed by atoms with Crippen LogP contribution in [0.25, 0.3) is 0 Å². The lowest BCUT2D eigenvalue weighted by molar-refractivity contribution is -0.273. The summed E-state index contributed by atoms with van der Waals surface area (Å²) >= 11 is 0. The number of fused-ring (bicyclic) bond motifs is 7. The molecule has 3 saturated carbocycles. The minimum Gasteiger partial charge on any atom is -0.393 e. The van der Waals surface area contributed by atoms with Crippen molar-refractivity contribution in [3.8, 4) is 0 Å². The summed E-state index contributed by atoms with van der Waals surface area (Å²) in [5.74, 6) is 2.58. The molecular formula is C27H42O4. The molecule has 1 spiro atoms. The van der Waals surface area contributed by atoms with Gasteiger partial charge in [0, 0.05) is 23.7 Å². The van der Waals surface area contributed by atoms with Crippen LogP contribution in [0, 0.1) is 46.3 Å². The first-order valence-electron chi connectivity index (χ1n) is 13.1. The lowest BCUT2D eigenvalue weighted by Crippen LogP contribution is -2.57. The molecule has 2 N–H and O–H groups in total. The Kier molecular flexibility index (Phi) is 4.64. The van der Waals surface area contributed by atoms with Crippen LogP contribution >= 0.6 is 0 Å². The van der Waals surface area contributed by atoms with Gasteiger partial charge in [-0.25, -0.2) is 0 Å². The second kappa shape index (κ2) is 6.81. The predicted octanol–water partition coefficient (Wildman–Crippen LogP) is 4.68. The Bertz CT molecular complexity index is 769. The van der Waals surface area contributed by atoms with Gasteiger partial charge in [-0.2, -0.15) is 0 Å². The van der Waals surface area contributed by atoms with E-state index >= 15 is 0 Å². The second-order valence-corrected chi connectivity index (χ2v) is 12.7. The van der Waals surface area contributed by atoms with E-state index in [1.54, 1.807) is 0 Å². The second-order valence-electron chi connectivity index (χ2n) is 12.7. The van der Waals surface area contributed by atoms with Crippen molar-refractivity contribution in [1.82, 2.24) is 0 Å². The van der Waals surface area contributed by atoms with Crippen molar-refractivity contribution in [1.29, 1.82) is 0 Å². The number of ether oxygens (including phenoxy) is 2. The molecule has 4 aliphatic carbocycles. The maximum absolute atomic E-state index is 11.8. The van der Waals surface area contributed by atoms with Gasteiger partial charge in [0.2, 0.25) is 0 Å². The molecule has 0 radical (unpaired) electrons. The van der Waals surface area contributed by atoms with Crippen LogP contribution in [0.5, 0.6) is 0 Å². The minimum atomic E-state index is -0.419. The third-order valence-corrected chi connectivity index (χ3v) is 11.5. The molecule has 4 heteroatoms. The van der Waals surface area contributed by atoms with Crippen LogP contribution in [0.2, 0.25) is 0 Å². The van der Waals surface area contributed by atoms with E-state index in [1.807, 2.05) is 0 Å². The first-order valence-corrected chi connectivity index (χ1v) is 13.1. The lowest BCUT2D eigenvalue weighted by Gasteiger charge is -2.60. The maximum Gasteiger partial charge on any atom is 0.171 e. The molecule has 0 aromatic rings. The number of hydrogen-bond donors (Lipinski definition) is 2. The van der Waals surface area contributed by atoms with Crippen molar-refractivity contribution in [2.24, 2.45) is 46.3 Å². The molecule has 0 aromatic carbocycles. The van der Waals surface area contributed by atoms with E-state index in [4.69, 9.17) is 9.47 Å². The molecular weight excluding hydrogens is 388 g/mol. The molecule has 0 aromatic heterocycles. The molecule has 6 rings (SSSR count). The van der Waals surface area contributed by atoms with Crippen molar-refractivity contribution < 1.29 is 19.7 Å². The maximum atomic E-state index is 11.8. The summed E-state index contributed by atoms with van der Waals surface area (Å²) in [7, 11) is 0. The van der Waals surface area contributed by atoms with Crippen molar-refractivity contribution in [3.05, 3.63) is 11.6 Å². The summed E-state index contributed by atoms with van der Waals surface area (Å²) in [6.07, 6.45) is 10.3. The number of aliphatic hydroxyl groups is 2. The van der Waals surface area contributed by atoms with Crippen LogP contribution < -0.4 is 0 Å². The Morgan fingerprint density at radius 1 is 1.03 bits per heavy atom. The van der Waals surface area contributed by atoms with Gasteiger partial charge >= 0.3 is 0 Å². The SMILES string of the molecule is CC1CCC2(OC1)OC1CC3C4CC=C5C[C@@H](O)CC[C@]5(C)C4C[C@@H](O)[C@]3(C)C1C2C. The molecule has 0 bridgehead atoms. The van der Waals surface area contributed by atoms with Gasteiger partial charge in [-0.3, -0.25) is 0 Å². The molecule has 6 aliphatic rings. The third kappa shape index (κ3) is 2.68. The minimum absolute atomic E-state index is 0.0863. The summed E-state index contributed by atoms with van der Waals surface area (Å²) in [4.78, 5) is 0. The van der Waals surface area contributed by atoms with Gasteiger partial charge in [0.05, 0.1) is 24.9 Å². The summed E-state index contributed by atoms with van der Waals surface area (Å²) in [6.45, 7) is 10.2. The van der Waals surface area contributed by atoms with E-state index in [0.717, 1.165) is 51.6 Å². The van der Waals surface area contributed by atoms with Crippen LogP contribution in [0.1, 0.15) is 79.1 Å². The van der Waals surface area contributed by atoms with Crippen molar-refractivity contribution in [2.75, 3.05) is 6.61 Å². The lowest BCUT2D eigenvalue weighted by atomic mass is 9.46. The Labute approximate surface area is 187 Å². The zero-order valence-electron chi connectivity index (χ0n) is 19.8. The van der Waals surface area contributed by atoms with E-state index in [2.05, 4.69) is 33.8 Å². The molecule has 2 saturated heterocycles. The molecule has 12 atom stereocenters. The largest absolute Gasteiger partial charge is 0.393 e. The first kappa shape index (κ1) is 21.1. The highest BCUT2D eigenvalue weighted by Crippen LogP contribution is 2.70. The zero-order valence-corrected chi connectivity index (χ0v) is 19.8. The Morgan fingerprint density at radius 3 is 2.58 bits per heavy atom. The number of hydrogen-bond acceptors (Lipinski definition) is 4. The molecule has 2 heterocycles. The molecule has 2 aliphatic heterocycles. The van der Waals surface area contributed by atoms with Crippen LogP contribution in [-0.4, -0.2) is 40.9 Å². The number of rotatable bonds is 0.